The zero-order valence-corrected chi connectivity index (χ0v) is 15.2. The summed E-state index contributed by atoms with van der Waals surface area (Å²) in [5, 5.41) is 10.8. The Kier molecular flexibility index (Phi) is 4.61. The molecule has 1 heterocycles. The molecule has 130 valence electrons. The highest BCUT2D eigenvalue weighted by atomic mass is 19.1. The molecule has 0 fully saturated rings. The second-order valence-corrected chi connectivity index (χ2v) is 7.62. The summed E-state index contributed by atoms with van der Waals surface area (Å²) in [5.41, 5.74) is 4.33. The molecular formula is C22H24FNO. The zero-order valence-electron chi connectivity index (χ0n) is 15.2. The number of nitrogens with zero attached hydrogens (tertiary/aromatic N) is 1. The van der Waals surface area contributed by atoms with E-state index in [-0.39, 0.29) is 23.8 Å². The molecule has 0 saturated carbocycles. The number of hydrogen-bond acceptors (Lipinski definition) is 2. The number of hydrogen-bond donors (Lipinski definition) is 1. The summed E-state index contributed by atoms with van der Waals surface area (Å²) in [6.07, 6.45) is 0. The van der Waals surface area contributed by atoms with Gasteiger partial charge in [0.15, 0.2) is 0 Å². The van der Waals surface area contributed by atoms with Crippen LogP contribution in [0.3, 0.4) is 0 Å². The van der Waals surface area contributed by atoms with Gasteiger partial charge in [0.2, 0.25) is 0 Å². The molecule has 1 N–H and O–H groups in total. The maximum atomic E-state index is 13.8. The molecule has 0 spiro atoms. The third-order valence-corrected chi connectivity index (χ3v) is 5.01. The first kappa shape index (κ1) is 17.6. The molecule has 1 aromatic heterocycles. The van der Waals surface area contributed by atoms with E-state index < -0.39 is 0 Å². The van der Waals surface area contributed by atoms with Crippen LogP contribution < -0.4 is 0 Å². The highest BCUT2D eigenvalue weighted by Gasteiger charge is 2.28. The second-order valence-electron chi connectivity index (χ2n) is 7.62. The van der Waals surface area contributed by atoms with E-state index in [4.69, 9.17) is 4.98 Å². The van der Waals surface area contributed by atoms with Crippen molar-refractivity contribution < 1.29 is 9.50 Å². The van der Waals surface area contributed by atoms with Gasteiger partial charge in [0, 0.05) is 16.9 Å². The smallest absolute Gasteiger partial charge is 0.123 e. The van der Waals surface area contributed by atoms with Gasteiger partial charge in [-0.3, -0.25) is 4.98 Å². The number of aliphatic hydroxyl groups is 1. The fraction of sp³-hybridized carbons (Fsp3) is 0.318. The van der Waals surface area contributed by atoms with Gasteiger partial charge >= 0.3 is 0 Å². The van der Waals surface area contributed by atoms with E-state index in [2.05, 4.69) is 27.7 Å². The van der Waals surface area contributed by atoms with Crippen molar-refractivity contribution in [1.29, 1.82) is 0 Å². The summed E-state index contributed by atoms with van der Waals surface area (Å²) < 4.78 is 13.8. The van der Waals surface area contributed by atoms with E-state index in [1.165, 1.54) is 12.1 Å². The molecule has 0 amide bonds. The average molecular weight is 337 g/mol. The zero-order chi connectivity index (χ0) is 18.2. The van der Waals surface area contributed by atoms with Crippen molar-refractivity contribution in [1.82, 2.24) is 4.98 Å². The summed E-state index contributed by atoms with van der Waals surface area (Å²) in [6, 6.07) is 14.5. The summed E-state index contributed by atoms with van der Waals surface area (Å²) in [4.78, 5) is 4.89. The Morgan fingerprint density at radius 2 is 1.76 bits per heavy atom. The lowest BCUT2D eigenvalue weighted by Crippen LogP contribution is -2.18. The van der Waals surface area contributed by atoms with Gasteiger partial charge < -0.3 is 5.11 Å². The second kappa shape index (κ2) is 6.57. The van der Waals surface area contributed by atoms with E-state index in [0.29, 0.717) is 5.39 Å². The van der Waals surface area contributed by atoms with Gasteiger partial charge in [-0.25, -0.2) is 4.39 Å². The minimum Gasteiger partial charge on any atom is -0.392 e. The van der Waals surface area contributed by atoms with Gasteiger partial charge in [0.05, 0.1) is 17.8 Å². The van der Waals surface area contributed by atoms with Crippen LogP contribution in [0.15, 0.2) is 48.5 Å². The van der Waals surface area contributed by atoms with Crippen LogP contribution in [-0.2, 0) is 6.61 Å². The number of aliphatic hydroxyl groups excluding tert-OH is 1. The quantitative estimate of drug-likeness (QED) is 0.666. The Bertz CT molecular complexity index is 897. The summed E-state index contributed by atoms with van der Waals surface area (Å²) in [6.45, 7) is 8.55. The van der Waals surface area contributed by atoms with Gasteiger partial charge in [0.25, 0.3) is 0 Å². The maximum Gasteiger partial charge on any atom is 0.123 e. The normalized spacial score (nSPS) is 13.2. The van der Waals surface area contributed by atoms with Crippen LogP contribution in [0.5, 0.6) is 0 Å². The highest BCUT2D eigenvalue weighted by molar-refractivity contribution is 5.90. The van der Waals surface area contributed by atoms with Crippen LogP contribution >= 0.6 is 0 Å². The predicted octanol–water partition coefficient (Wildman–Crippen LogP) is 5.68. The van der Waals surface area contributed by atoms with Crippen molar-refractivity contribution in [3.63, 3.8) is 0 Å². The van der Waals surface area contributed by atoms with E-state index >= 15 is 0 Å². The largest absolute Gasteiger partial charge is 0.392 e. The SMILES string of the molecule is CC(c1nc2ccc(F)cc2c(CO)c1-c1ccccc1)C(C)(C)C. The molecule has 0 saturated heterocycles. The summed E-state index contributed by atoms with van der Waals surface area (Å²) in [5.74, 6) is -0.151. The minimum absolute atomic E-state index is 0.0109. The Hall–Kier alpha value is -2.26. The Morgan fingerprint density at radius 3 is 2.36 bits per heavy atom. The molecule has 0 aliphatic carbocycles. The number of pyridine rings is 1. The third kappa shape index (κ3) is 3.29. The monoisotopic (exact) mass is 337 g/mol. The average Bonchev–Trinajstić information content (AvgIpc) is 2.59. The molecule has 2 aromatic carbocycles. The minimum atomic E-state index is -0.320. The van der Waals surface area contributed by atoms with Crippen LogP contribution in [0.4, 0.5) is 4.39 Å². The predicted molar refractivity (Wildman–Crippen MR) is 101 cm³/mol. The number of halogens is 1. The third-order valence-electron chi connectivity index (χ3n) is 5.01. The van der Waals surface area contributed by atoms with Gasteiger partial charge in [-0.15, -0.1) is 0 Å². The standard InChI is InChI=1S/C22H24FNO/c1-14(22(2,3)4)21-20(15-8-6-5-7-9-15)18(13-25)17-12-16(23)10-11-19(17)24-21/h5-12,14,25H,13H2,1-4H3. The van der Waals surface area contributed by atoms with Gasteiger partial charge in [-0.2, -0.15) is 0 Å². The lowest BCUT2D eigenvalue weighted by atomic mass is 9.77. The fourth-order valence-corrected chi connectivity index (χ4v) is 3.14. The maximum absolute atomic E-state index is 13.8. The molecule has 1 atom stereocenters. The van der Waals surface area contributed by atoms with Crippen molar-refractivity contribution in [2.75, 3.05) is 0 Å². The fourth-order valence-electron chi connectivity index (χ4n) is 3.14. The van der Waals surface area contributed by atoms with Gasteiger partial charge in [0.1, 0.15) is 5.82 Å². The van der Waals surface area contributed by atoms with E-state index in [9.17, 15) is 9.50 Å². The number of benzene rings is 2. The van der Waals surface area contributed by atoms with Crippen LogP contribution in [-0.4, -0.2) is 10.1 Å². The summed E-state index contributed by atoms with van der Waals surface area (Å²) in [7, 11) is 0. The molecule has 25 heavy (non-hydrogen) atoms. The van der Waals surface area contributed by atoms with Crippen molar-refractivity contribution in [3.05, 3.63) is 65.6 Å². The van der Waals surface area contributed by atoms with E-state index in [1.807, 2.05) is 30.3 Å². The van der Waals surface area contributed by atoms with Crippen LogP contribution in [0, 0.1) is 11.2 Å². The first-order valence-corrected chi connectivity index (χ1v) is 8.61. The van der Waals surface area contributed by atoms with Gasteiger partial charge in [-0.05, 0) is 34.7 Å². The Balaban J connectivity index is 2.42. The lowest BCUT2D eigenvalue weighted by Gasteiger charge is -2.30. The molecule has 3 heteroatoms. The molecule has 0 aliphatic rings. The van der Waals surface area contributed by atoms with Crippen molar-refractivity contribution >= 4 is 10.9 Å². The Labute approximate surface area is 148 Å². The number of fused-ring (bicyclic) bond motifs is 1. The summed E-state index contributed by atoms with van der Waals surface area (Å²) >= 11 is 0. The van der Waals surface area contributed by atoms with Crippen molar-refractivity contribution in [2.45, 2.75) is 40.2 Å². The van der Waals surface area contributed by atoms with Gasteiger partial charge in [-0.1, -0.05) is 58.0 Å². The molecule has 2 nitrogen and oxygen atoms in total. The molecule has 3 rings (SSSR count). The first-order valence-electron chi connectivity index (χ1n) is 8.61. The lowest BCUT2D eigenvalue weighted by molar-refractivity contribution is 0.283. The number of rotatable bonds is 3. The van der Waals surface area contributed by atoms with Crippen LogP contribution in [0.1, 0.15) is 44.9 Å². The van der Waals surface area contributed by atoms with E-state index in [1.54, 1.807) is 6.07 Å². The van der Waals surface area contributed by atoms with Crippen LogP contribution in [0.2, 0.25) is 0 Å². The molecule has 0 bridgehead atoms. The topological polar surface area (TPSA) is 33.1 Å². The molecular weight excluding hydrogens is 313 g/mol. The van der Waals surface area contributed by atoms with E-state index in [0.717, 1.165) is 27.9 Å². The molecule has 0 aliphatic heterocycles. The first-order chi connectivity index (χ1) is 11.8. The highest BCUT2D eigenvalue weighted by Crippen LogP contribution is 2.42. The van der Waals surface area contributed by atoms with Crippen molar-refractivity contribution in [3.8, 4) is 11.1 Å². The number of aromatic nitrogens is 1. The molecule has 0 radical (unpaired) electrons. The molecule has 1 unspecified atom stereocenters. The Morgan fingerprint density at radius 1 is 1.08 bits per heavy atom. The molecule has 3 aromatic rings. The van der Waals surface area contributed by atoms with Crippen LogP contribution in [0.25, 0.3) is 22.0 Å². The van der Waals surface area contributed by atoms with Crippen molar-refractivity contribution in [2.24, 2.45) is 5.41 Å².